The monoisotopic (exact) mass is 200 g/mol. The van der Waals surface area contributed by atoms with Gasteiger partial charge in [-0.3, -0.25) is 4.90 Å². The molecule has 2 N–H and O–H groups in total. The van der Waals surface area contributed by atoms with Crippen LogP contribution in [0.15, 0.2) is 0 Å². The Morgan fingerprint density at radius 2 is 1.71 bits per heavy atom. The van der Waals surface area contributed by atoms with Gasteiger partial charge in [-0.15, -0.1) is 0 Å². The van der Waals surface area contributed by atoms with Crippen LogP contribution in [0, 0.1) is 0 Å². The first kappa shape index (κ1) is 13.9. The molecule has 0 aliphatic rings. The molecule has 0 aliphatic carbocycles. The van der Waals surface area contributed by atoms with Gasteiger partial charge in [0.1, 0.15) is 0 Å². The number of rotatable bonds is 8. The zero-order valence-corrected chi connectivity index (χ0v) is 10.5. The molecule has 14 heavy (non-hydrogen) atoms. The Hall–Kier alpha value is -0.0800. The fourth-order valence-corrected chi connectivity index (χ4v) is 2.04. The lowest BCUT2D eigenvalue weighted by molar-refractivity contribution is 0.109. The first-order chi connectivity index (χ1) is 6.58. The molecule has 0 aromatic heterocycles. The summed E-state index contributed by atoms with van der Waals surface area (Å²) in [6.07, 6.45) is 4.89. The van der Waals surface area contributed by atoms with E-state index in [1.807, 2.05) is 0 Å². The van der Waals surface area contributed by atoms with Crippen LogP contribution in [0.5, 0.6) is 0 Å². The second-order valence-electron chi connectivity index (χ2n) is 4.69. The standard InChI is InChI=1S/C12H28N2/c1-5-8-12(3,4)14(10-6-2)11-7-9-13/h5-11,13H2,1-4H3. The van der Waals surface area contributed by atoms with Crippen LogP contribution in [0.3, 0.4) is 0 Å². The quantitative estimate of drug-likeness (QED) is 0.652. The predicted octanol–water partition coefficient (Wildman–Crippen LogP) is 2.63. The zero-order chi connectivity index (χ0) is 11.0. The third-order valence-corrected chi connectivity index (χ3v) is 2.84. The van der Waals surface area contributed by atoms with Crippen LogP contribution in [-0.4, -0.2) is 30.1 Å². The minimum absolute atomic E-state index is 0.347. The molecule has 86 valence electrons. The molecule has 0 spiro atoms. The van der Waals surface area contributed by atoms with Gasteiger partial charge in [-0.25, -0.2) is 0 Å². The summed E-state index contributed by atoms with van der Waals surface area (Å²) < 4.78 is 0. The Labute approximate surface area is 89.9 Å². The second kappa shape index (κ2) is 7.24. The van der Waals surface area contributed by atoms with Crippen LogP contribution in [0.4, 0.5) is 0 Å². The van der Waals surface area contributed by atoms with E-state index in [-0.39, 0.29) is 0 Å². The zero-order valence-electron chi connectivity index (χ0n) is 10.5. The fourth-order valence-electron chi connectivity index (χ4n) is 2.04. The fraction of sp³-hybridized carbons (Fsp3) is 1.00. The second-order valence-corrected chi connectivity index (χ2v) is 4.69. The maximum Gasteiger partial charge on any atom is 0.0153 e. The Morgan fingerprint density at radius 3 is 2.14 bits per heavy atom. The molecule has 0 aliphatic heterocycles. The average Bonchev–Trinajstić information content (AvgIpc) is 2.11. The van der Waals surface area contributed by atoms with Gasteiger partial charge >= 0.3 is 0 Å². The minimum atomic E-state index is 0.347. The van der Waals surface area contributed by atoms with Crippen molar-refractivity contribution in [2.45, 2.75) is 58.9 Å². The van der Waals surface area contributed by atoms with Crippen LogP contribution in [-0.2, 0) is 0 Å². The van der Waals surface area contributed by atoms with Gasteiger partial charge in [0, 0.05) is 5.54 Å². The first-order valence-electron chi connectivity index (χ1n) is 6.03. The van der Waals surface area contributed by atoms with Crippen molar-refractivity contribution in [3.05, 3.63) is 0 Å². The third kappa shape index (κ3) is 4.97. The Bertz CT molecular complexity index is 132. The SMILES string of the molecule is CCCN(CCCN)C(C)(C)CCC. The Morgan fingerprint density at radius 1 is 1.07 bits per heavy atom. The molecule has 0 aromatic rings. The molecule has 0 saturated heterocycles. The topological polar surface area (TPSA) is 29.3 Å². The number of hydrogen-bond donors (Lipinski definition) is 1. The lowest BCUT2D eigenvalue weighted by Gasteiger charge is -2.38. The van der Waals surface area contributed by atoms with Crippen molar-refractivity contribution in [1.82, 2.24) is 4.90 Å². The van der Waals surface area contributed by atoms with Crippen molar-refractivity contribution in [2.75, 3.05) is 19.6 Å². The highest BCUT2D eigenvalue weighted by Crippen LogP contribution is 2.20. The summed E-state index contributed by atoms with van der Waals surface area (Å²) >= 11 is 0. The van der Waals surface area contributed by atoms with Gasteiger partial charge in [0.25, 0.3) is 0 Å². The third-order valence-electron chi connectivity index (χ3n) is 2.84. The van der Waals surface area contributed by atoms with Gasteiger partial charge in [0.15, 0.2) is 0 Å². The highest BCUT2D eigenvalue weighted by atomic mass is 15.2. The minimum Gasteiger partial charge on any atom is -0.330 e. The number of nitrogens with two attached hydrogens (primary N) is 1. The number of hydrogen-bond acceptors (Lipinski definition) is 2. The maximum atomic E-state index is 5.56. The van der Waals surface area contributed by atoms with Crippen molar-refractivity contribution in [1.29, 1.82) is 0 Å². The van der Waals surface area contributed by atoms with Crippen molar-refractivity contribution in [3.8, 4) is 0 Å². The van der Waals surface area contributed by atoms with Gasteiger partial charge in [-0.1, -0.05) is 20.3 Å². The molecule has 0 bridgehead atoms. The molecule has 0 saturated carbocycles. The highest BCUT2D eigenvalue weighted by Gasteiger charge is 2.24. The smallest absolute Gasteiger partial charge is 0.0153 e. The van der Waals surface area contributed by atoms with E-state index in [1.54, 1.807) is 0 Å². The van der Waals surface area contributed by atoms with Gasteiger partial charge < -0.3 is 5.73 Å². The average molecular weight is 200 g/mol. The van der Waals surface area contributed by atoms with Gasteiger partial charge in [-0.2, -0.15) is 0 Å². The number of nitrogens with zero attached hydrogens (tertiary/aromatic N) is 1. The molecule has 0 amide bonds. The summed E-state index contributed by atoms with van der Waals surface area (Å²) in [7, 11) is 0. The van der Waals surface area contributed by atoms with E-state index in [0.717, 1.165) is 19.5 Å². The molecule has 0 aromatic carbocycles. The van der Waals surface area contributed by atoms with Crippen molar-refractivity contribution >= 4 is 0 Å². The molecular formula is C12H28N2. The molecule has 0 rings (SSSR count). The van der Waals surface area contributed by atoms with Crippen molar-refractivity contribution in [2.24, 2.45) is 5.73 Å². The van der Waals surface area contributed by atoms with Crippen LogP contribution in [0.25, 0.3) is 0 Å². The van der Waals surface area contributed by atoms with Crippen molar-refractivity contribution in [3.63, 3.8) is 0 Å². The van der Waals surface area contributed by atoms with Crippen LogP contribution in [0.1, 0.15) is 53.4 Å². The van der Waals surface area contributed by atoms with E-state index in [0.29, 0.717) is 5.54 Å². The van der Waals surface area contributed by atoms with E-state index < -0.39 is 0 Å². The van der Waals surface area contributed by atoms with Gasteiger partial charge in [-0.05, 0) is 52.7 Å². The van der Waals surface area contributed by atoms with E-state index >= 15 is 0 Å². The highest BCUT2D eigenvalue weighted by molar-refractivity contribution is 4.80. The molecule has 2 heteroatoms. The normalized spacial score (nSPS) is 12.4. The summed E-state index contributed by atoms with van der Waals surface area (Å²) in [5.41, 5.74) is 5.91. The summed E-state index contributed by atoms with van der Waals surface area (Å²) in [6.45, 7) is 12.4. The van der Waals surface area contributed by atoms with E-state index in [2.05, 4.69) is 32.6 Å². The molecule has 2 nitrogen and oxygen atoms in total. The molecule has 0 heterocycles. The first-order valence-corrected chi connectivity index (χ1v) is 6.03. The predicted molar refractivity (Wildman–Crippen MR) is 64.5 cm³/mol. The van der Waals surface area contributed by atoms with Gasteiger partial charge in [0.05, 0.1) is 0 Å². The van der Waals surface area contributed by atoms with E-state index in [1.165, 1.54) is 25.8 Å². The van der Waals surface area contributed by atoms with Crippen molar-refractivity contribution < 1.29 is 0 Å². The van der Waals surface area contributed by atoms with Gasteiger partial charge in [0.2, 0.25) is 0 Å². The van der Waals surface area contributed by atoms with Crippen LogP contribution in [0.2, 0.25) is 0 Å². The Balaban J connectivity index is 4.14. The molecule has 0 unspecified atom stereocenters. The molecule has 0 radical (unpaired) electrons. The summed E-state index contributed by atoms with van der Waals surface area (Å²) in [4.78, 5) is 2.59. The van der Waals surface area contributed by atoms with Crippen LogP contribution >= 0.6 is 0 Å². The maximum absolute atomic E-state index is 5.56. The summed E-state index contributed by atoms with van der Waals surface area (Å²) in [6, 6.07) is 0. The largest absolute Gasteiger partial charge is 0.330 e. The van der Waals surface area contributed by atoms with E-state index in [4.69, 9.17) is 5.73 Å². The molecular weight excluding hydrogens is 172 g/mol. The summed E-state index contributed by atoms with van der Waals surface area (Å²) in [5, 5.41) is 0. The summed E-state index contributed by atoms with van der Waals surface area (Å²) in [5.74, 6) is 0. The molecule has 0 fully saturated rings. The lowest BCUT2D eigenvalue weighted by atomic mass is 9.96. The van der Waals surface area contributed by atoms with E-state index in [9.17, 15) is 0 Å². The Kier molecular flexibility index (Phi) is 7.20. The molecule has 0 atom stereocenters. The van der Waals surface area contributed by atoms with Crippen LogP contribution < -0.4 is 5.73 Å². The lowest BCUT2D eigenvalue weighted by Crippen LogP contribution is -2.45.